The minimum atomic E-state index is -0.681. The predicted molar refractivity (Wildman–Crippen MR) is 129 cm³/mol. The van der Waals surface area contributed by atoms with Crippen molar-refractivity contribution >= 4 is 34.2 Å². The van der Waals surface area contributed by atoms with E-state index in [2.05, 4.69) is 16.0 Å². The number of amides is 2. The quantitative estimate of drug-likeness (QED) is 0.425. The van der Waals surface area contributed by atoms with Crippen LogP contribution in [-0.2, 0) is 6.54 Å². The number of halogens is 1. The summed E-state index contributed by atoms with van der Waals surface area (Å²) < 4.78 is 12.2. The van der Waals surface area contributed by atoms with Crippen LogP contribution in [0.2, 0.25) is 5.02 Å². The molecule has 5 rings (SSSR count). The van der Waals surface area contributed by atoms with Gasteiger partial charge < -0.3 is 9.47 Å². The number of fused-ring (bicyclic) bond motifs is 2. The molecule has 9 nitrogen and oxygen atoms in total. The molecule has 0 saturated carbocycles. The normalized spacial score (nSPS) is 12.3. The second-order valence-corrected chi connectivity index (χ2v) is 8.14. The van der Waals surface area contributed by atoms with Gasteiger partial charge in [-0.1, -0.05) is 60.1 Å². The van der Waals surface area contributed by atoms with Gasteiger partial charge in [0.15, 0.2) is 17.2 Å². The molecular formula is C25H19ClN4O5. The van der Waals surface area contributed by atoms with Gasteiger partial charge in [-0.15, -0.1) is 0 Å². The number of rotatable bonds is 4. The van der Waals surface area contributed by atoms with Crippen LogP contribution in [0.1, 0.15) is 26.4 Å². The summed E-state index contributed by atoms with van der Waals surface area (Å²) in [7, 11) is 0. The highest BCUT2D eigenvalue weighted by atomic mass is 35.5. The zero-order chi connectivity index (χ0) is 24.4. The fourth-order valence-corrected chi connectivity index (χ4v) is 4.02. The summed E-state index contributed by atoms with van der Waals surface area (Å²) >= 11 is 6.20. The van der Waals surface area contributed by atoms with Crippen molar-refractivity contribution in [3.05, 3.63) is 98.9 Å². The number of ether oxygens (including phenoxy) is 2. The van der Waals surface area contributed by atoms with Crippen LogP contribution < -0.4 is 25.9 Å². The average molecular weight is 491 g/mol. The standard InChI is InChI=1S/C25H19ClN4O5/c26-19-12-16(13-20-22(19)35-11-10-34-20)23(31)27-28-24(32)21-17-8-4-5-9-18(17)25(33)30(29-21)14-15-6-2-1-3-7-15/h1-9,12-13H,10-11,14H2,(H,27,31)(H,28,32). The molecule has 35 heavy (non-hydrogen) atoms. The maximum Gasteiger partial charge on any atom is 0.290 e. The van der Waals surface area contributed by atoms with Gasteiger partial charge >= 0.3 is 0 Å². The lowest BCUT2D eigenvalue weighted by atomic mass is 10.1. The fourth-order valence-electron chi connectivity index (χ4n) is 3.75. The van der Waals surface area contributed by atoms with E-state index in [-0.39, 0.29) is 28.4 Å². The summed E-state index contributed by atoms with van der Waals surface area (Å²) in [5, 5.41) is 5.24. The molecule has 10 heteroatoms. The number of carbonyl (C=O) groups is 2. The monoisotopic (exact) mass is 490 g/mol. The molecule has 0 radical (unpaired) electrons. The largest absolute Gasteiger partial charge is 0.486 e. The van der Waals surface area contributed by atoms with Gasteiger partial charge in [0.1, 0.15) is 13.2 Å². The van der Waals surface area contributed by atoms with Crippen molar-refractivity contribution in [2.45, 2.75) is 6.54 Å². The first-order valence-corrected chi connectivity index (χ1v) is 11.1. The van der Waals surface area contributed by atoms with Crippen molar-refractivity contribution in [1.29, 1.82) is 0 Å². The third-order valence-corrected chi connectivity index (χ3v) is 5.69. The second-order valence-electron chi connectivity index (χ2n) is 7.73. The molecule has 1 aromatic heterocycles. The van der Waals surface area contributed by atoms with E-state index in [1.165, 1.54) is 16.8 Å². The number of nitrogens with one attached hydrogen (secondary N) is 2. The molecule has 2 N–H and O–H groups in total. The number of nitrogens with zero attached hydrogens (tertiary/aromatic N) is 2. The van der Waals surface area contributed by atoms with Crippen LogP contribution in [0.5, 0.6) is 11.5 Å². The van der Waals surface area contributed by atoms with E-state index in [1.54, 1.807) is 24.3 Å². The molecule has 3 aromatic carbocycles. The van der Waals surface area contributed by atoms with Crippen LogP contribution in [-0.4, -0.2) is 34.8 Å². The van der Waals surface area contributed by atoms with Crippen molar-refractivity contribution in [3.8, 4) is 11.5 Å². The minimum absolute atomic E-state index is 0.00311. The number of hydrazine groups is 1. The highest BCUT2D eigenvalue weighted by Crippen LogP contribution is 2.38. The second kappa shape index (κ2) is 9.47. The summed E-state index contributed by atoms with van der Waals surface area (Å²) in [4.78, 5) is 38.7. The lowest BCUT2D eigenvalue weighted by molar-refractivity contribution is 0.0843. The van der Waals surface area contributed by atoms with E-state index in [9.17, 15) is 14.4 Å². The van der Waals surface area contributed by atoms with Crippen molar-refractivity contribution in [2.75, 3.05) is 13.2 Å². The van der Waals surface area contributed by atoms with Gasteiger partial charge in [-0.2, -0.15) is 5.10 Å². The lowest BCUT2D eigenvalue weighted by Gasteiger charge is -2.20. The molecule has 1 aliphatic heterocycles. The van der Waals surface area contributed by atoms with E-state index < -0.39 is 11.8 Å². The van der Waals surface area contributed by atoms with E-state index in [0.29, 0.717) is 35.5 Å². The summed E-state index contributed by atoms with van der Waals surface area (Å²) in [5.41, 5.74) is 5.43. The van der Waals surface area contributed by atoms with Crippen molar-refractivity contribution in [3.63, 3.8) is 0 Å². The molecule has 0 atom stereocenters. The van der Waals surface area contributed by atoms with Gasteiger partial charge in [0, 0.05) is 10.9 Å². The molecule has 0 saturated heterocycles. The molecule has 4 aromatic rings. The molecule has 0 aliphatic carbocycles. The Hall–Kier alpha value is -4.37. The first-order chi connectivity index (χ1) is 17.0. The van der Waals surface area contributed by atoms with Crippen LogP contribution in [0.25, 0.3) is 10.8 Å². The van der Waals surface area contributed by atoms with Crippen LogP contribution in [0.4, 0.5) is 0 Å². The van der Waals surface area contributed by atoms with E-state index in [0.717, 1.165) is 5.56 Å². The predicted octanol–water partition coefficient (Wildman–Crippen LogP) is 2.94. The van der Waals surface area contributed by atoms with Gasteiger partial charge in [-0.3, -0.25) is 25.2 Å². The average Bonchev–Trinajstić information content (AvgIpc) is 2.89. The SMILES string of the molecule is O=C(NNC(=O)c1nn(Cc2ccccc2)c(=O)c2ccccc12)c1cc(Cl)c2c(c1)OCCO2. The van der Waals surface area contributed by atoms with Gasteiger partial charge in [0.2, 0.25) is 0 Å². The number of benzene rings is 3. The molecule has 2 amide bonds. The Bertz CT molecular complexity index is 1500. The summed E-state index contributed by atoms with van der Waals surface area (Å²) in [6.45, 7) is 0.886. The van der Waals surface area contributed by atoms with Crippen molar-refractivity contribution in [1.82, 2.24) is 20.6 Å². The zero-order valence-corrected chi connectivity index (χ0v) is 19.0. The van der Waals surface area contributed by atoms with Crippen LogP contribution >= 0.6 is 11.6 Å². The molecular weight excluding hydrogens is 472 g/mol. The molecule has 1 aliphatic rings. The van der Waals surface area contributed by atoms with Crippen LogP contribution in [0.3, 0.4) is 0 Å². The van der Waals surface area contributed by atoms with E-state index in [4.69, 9.17) is 21.1 Å². The Labute approximate surface area is 204 Å². The molecule has 176 valence electrons. The summed E-state index contributed by atoms with van der Waals surface area (Å²) in [5.74, 6) is -0.574. The third kappa shape index (κ3) is 4.53. The maximum atomic E-state index is 13.0. The molecule has 0 bridgehead atoms. The minimum Gasteiger partial charge on any atom is -0.486 e. The van der Waals surface area contributed by atoms with Crippen molar-refractivity contribution < 1.29 is 19.1 Å². The lowest BCUT2D eigenvalue weighted by Crippen LogP contribution is -2.43. The number of hydrogen-bond donors (Lipinski definition) is 2. The van der Waals surface area contributed by atoms with Gasteiger partial charge in [0.25, 0.3) is 17.4 Å². The number of aromatic nitrogens is 2. The summed E-state index contributed by atoms with van der Waals surface area (Å²) in [6, 6.07) is 18.9. The highest BCUT2D eigenvalue weighted by Gasteiger charge is 2.21. The zero-order valence-electron chi connectivity index (χ0n) is 18.3. The number of carbonyl (C=O) groups excluding carboxylic acids is 2. The Morgan fingerprint density at radius 3 is 2.40 bits per heavy atom. The smallest absolute Gasteiger partial charge is 0.290 e. The third-order valence-electron chi connectivity index (χ3n) is 5.41. The van der Waals surface area contributed by atoms with Crippen molar-refractivity contribution in [2.24, 2.45) is 0 Å². The summed E-state index contributed by atoms with van der Waals surface area (Å²) in [6.07, 6.45) is 0. The van der Waals surface area contributed by atoms with Gasteiger partial charge in [-0.25, -0.2) is 4.68 Å². The Morgan fingerprint density at radius 1 is 0.914 bits per heavy atom. The molecule has 0 fully saturated rings. The van der Waals surface area contributed by atoms with Gasteiger partial charge in [0.05, 0.1) is 17.0 Å². The van der Waals surface area contributed by atoms with E-state index >= 15 is 0 Å². The first kappa shape index (κ1) is 22.4. The van der Waals surface area contributed by atoms with Gasteiger partial charge in [-0.05, 0) is 23.8 Å². The first-order valence-electron chi connectivity index (χ1n) is 10.7. The van der Waals surface area contributed by atoms with Crippen LogP contribution in [0.15, 0.2) is 71.5 Å². The molecule has 0 spiro atoms. The number of hydrogen-bond acceptors (Lipinski definition) is 6. The highest BCUT2D eigenvalue weighted by molar-refractivity contribution is 6.32. The fraction of sp³-hybridized carbons (Fsp3) is 0.120. The Balaban J connectivity index is 1.41. The Kier molecular flexibility index (Phi) is 6.07. The Morgan fingerprint density at radius 2 is 1.60 bits per heavy atom. The maximum absolute atomic E-state index is 13.0. The van der Waals surface area contributed by atoms with E-state index in [1.807, 2.05) is 30.3 Å². The topological polar surface area (TPSA) is 112 Å². The molecule has 0 unspecified atom stereocenters. The molecule has 2 heterocycles. The van der Waals surface area contributed by atoms with Crippen LogP contribution in [0, 0.1) is 0 Å².